The highest BCUT2D eigenvalue weighted by Crippen LogP contribution is 2.33. The fourth-order valence-electron chi connectivity index (χ4n) is 4.28. The third-order valence-electron chi connectivity index (χ3n) is 5.87. The lowest BCUT2D eigenvalue weighted by atomic mass is 10.1. The Morgan fingerprint density at radius 3 is 2.47 bits per heavy atom. The molecule has 0 aliphatic carbocycles. The SMILES string of the molecule is C[C@@H]1CN(c2ccc(Cl)cc2)c2nc3c(c(=O)n(Cc4ccccc4Cl)c(=O)n3C)n2C1. The van der Waals surface area contributed by atoms with E-state index in [-0.39, 0.29) is 18.0 Å². The van der Waals surface area contributed by atoms with Gasteiger partial charge in [0.1, 0.15) is 0 Å². The predicted molar refractivity (Wildman–Crippen MR) is 127 cm³/mol. The van der Waals surface area contributed by atoms with Gasteiger partial charge >= 0.3 is 5.69 Å². The summed E-state index contributed by atoms with van der Waals surface area (Å²) in [4.78, 5) is 33.4. The summed E-state index contributed by atoms with van der Waals surface area (Å²) in [5, 5.41) is 1.16. The Balaban J connectivity index is 1.73. The van der Waals surface area contributed by atoms with E-state index in [9.17, 15) is 9.59 Å². The van der Waals surface area contributed by atoms with Crippen molar-refractivity contribution in [2.24, 2.45) is 13.0 Å². The van der Waals surface area contributed by atoms with Crippen LogP contribution in [0.4, 0.5) is 11.6 Å². The molecule has 2 aromatic carbocycles. The van der Waals surface area contributed by atoms with Crippen LogP contribution in [0.3, 0.4) is 0 Å². The average molecular weight is 470 g/mol. The first-order valence-corrected chi connectivity index (χ1v) is 11.1. The zero-order valence-corrected chi connectivity index (χ0v) is 19.1. The highest BCUT2D eigenvalue weighted by molar-refractivity contribution is 6.31. The van der Waals surface area contributed by atoms with Crippen molar-refractivity contribution in [2.45, 2.75) is 20.0 Å². The second kappa shape index (κ2) is 7.83. The van der Waals surface area contributed by atoms with Gasteiger partial charge in [-0.25, -0.2) is 4.79 Å². The van der Waals surface area contributed by atoms with Crippen molar-refractivity contribution < 1.29 is 0 Å². The normalized spacial score (nSPS) is 15.9. The molecule has 32 heavy (non-hydrogen) atoms. The third-order valence-corrected chi connectivity index (χ3v) is 6.49. The fraction of sp³-hybridized carbons (Fsp3) is 0.261. The van der Waals surface area contributed by atoms with Gasteiger partial charge in [0.25, 0.3) is 5.56 Å². The average Bonchev–Trinajstić information content (AvgIpc) is 3.16. The minimum atomic E-state index is -0.427. The molecule has 0 spiro atoms. The van der Waals surface area contributed by atoms with Gasteiger partial charge in [0.05, 0.1) is 6.54 Å². The van der Waals surface area contributed by atoms with Crippen LogP contribution >= 0.6 is 23.2 Å². The first-order valence-electron chi connectivity index (χ1n) is 10.3. The summed E-state index contributed by atoms with van der Waals surface area (Å²) in [5.41, 5.74) is 1.63. The Morgan fingerprint density at radius 2 is 1.75 bits per heavy atom. The Hall–Kier alpha value is -3.03. The maximum Gasteiger partial charge on any atom is 0.332 e. The first-order chi connectivity index (χ1) is 15.3. The van der Waals surface area contributed by atoms with E-state index >= 15 is 0 Å². The summed E-state index contributed by atoms with van der Waals surface area (Å²) < 4.78 is 4.58. The lowest BCUT2D eigenvalue weighted by Crippen LogP contribution is -2.40. The van der Waals surface area contributed by atoms with E-state index in [1.807, 2.05) is 47.0 Å². The number of rotatable bonds is 3. The molecule has 0 N–H and O–H groups in total. The predicted octanol–water partition coefficient (Wildman–Crippen LogP) is 4.04. The van der Waals surface area contributed by atoms with Crippen LogP contribution in [0, 0.1) is 5.92 Å². The van der Waals surface area contributed by atoms with E-state index in [1.165, 1.54) is 9.13 Å². The number of aromatic nitrogens is 4. The lowest BCUT2D eigenvalue weighted by Gasteiger charge is -2.33. The van der Waals surface area contributed by atoms with E-state index in [1.54, 1.807) is 13.1 Å². The number of hydrogen-bond acceptors (Lipinski definition) is 4. The lowest BCUT2D eigenvalue weighted by molar-refractivity contribution is 0.458. The molecular formula is C23H21Cl2N5O2. The summed E-state index contributed by atoms with van der Waals surface area (Å²) in [7, 11) is 1.64. The van der Waals surface area contributed by atoms with Crippen LogP contribution in [0.2, 0.25) is 10.0 Å². The molecule has 0 unspecified atom stereocenters. The van der Waals surface area contributed by atoms with Crippen molar-refractivity contribution in [3.8, 4) is 0 Å². The fourth-order valence-corrected chi connectivity index (χ4v) is 4.60. The molecule has 4 aromatic rings. The molecule has 1 aliphatic heterocycles. The second-order valence-electron chi connectivity index (χ2n) is 8.21. The summed E-state index contributed by atoms with van der Waals surface area (Å²) in [6.45, 7) is 3.60. The minimum Gasteiger partial charge on any atom is -0.312 e. The van der Waals surface area contributed by atoms with Gasteiger partial charge in [0.15, 0.2) is 11.2 Å². The third kappa shape index (κ3) is 3.32. The molecule has 0 amide bonds. The van der Waals surface area contributed by atoms with E-state index in [4.69, 9.17) is 28.2 Å². The summed E-state index contributed by atoms with van der Waals surface area (Å²) in [6.07, 6.45) is 0. The van der Waals surface area contributed by atoms with Gasteiger partial charge in [-0.05, 0) is 41.8 Å². The van der Waals surface area contributed by atoms with Crippen molar-refractivity contribution >= 4 is 46.0 Å². The number of nitrogens with zero attached hydrogens (tertiary/aromatic N) is 5. The number of halogens is 2. The maximum absolute atomic E-state index is 13.6. The standard InChI is InChI=1S/C23H21Cl2N5O2/c1-14-11-28(17-9-7-16(24)8-10-17)22-26-20-19(29(22)12-14)21(31)30(23(32)27(20)2)13-15-5-3-4-6-18(15)25/h3-10,14H,11-13H2,1-2H3/t14-/m1/s1. The Kier molecular flexibility index (Phi) is 5.10. The Morgan fingerprint density at radius 1 is 1.03 bits per heavy atom. The zero-order chi connectivity index (χ0) is 22.6. The molecule has 1 atom stereocenters. The van der Waals surface area contributed by atoms with Crippen LogP contribution in [0.25, 0.3) is 11.2 Å². The van der Waals surface area contributed by atoms with Crippen LogP contribution in [0.1, 0.15) is 12.5 Å². The van der Waals surface area contributed by atoms with Gasteiger partial charge in [0.2, 0.25) is 5.95 Å². The molecule has 3 heterocycles. The van der Waals surface area contributed by atoms with E-state index in [0.717, 1.165) is 12.2 Å². The minimum absolute atomic E-state index is 0.0953. The Labute approximate surface area is 194 Å². The van der Waals surface area contributed by atoms with Gasteiger partial charge < -0.3 is 9.47 Å². The summed E-state index contributed by atoms with van der Waals surface area (Å²) in [5.74, 6) is 0.909. The van der Waals surface area contributed by atoms with Crippen LogP contribution < -0.4 is 16.1 Å². The smallest absolute Gasteiger partial charge is 0.312 e. The quantitative estimate of drug-likeness (QED) is 0.454. The molecular weight excluding hydrogens is 449 g/mol. The summed E-state index contributed by atoms with van der Waals surface area (Å²) in [6, 6.07) is 14.7. The Bertz CT molecular complexity index is 1450. The molecule has 5 rings (SSSR count). The largest absolute Gasteiger partial charge is 0.332 e. The molecule has 1 aliphatic rings. The number of aryl methyl sites for hydroxylation is 1. The van der Waals surface area contributed by atoms with E-state index in [0.29, 0.717) is 39.3 Å². The highest BCUT2D eigenvalue weighted by atomic mass is 35.5. The van der Waals surface area contributed by atoms with Crippen LogP contribution in [0.15, 0.2) is 58.1 Å². The van der Waals surface area contributed by atoms with Crippen molar-refractivity contribution in [1.82, 2.24) is 18.7 Å². The molecule has 0 bridgehead atoms. The molecule has 9 heteroatoms. The van der Waals surface area contributed by atoms with Crippen LogP contribution in [-0.4, -0.2) is 25.2 Å². The number of imidazole rings is 1. The zero-order valence-electron chi connectivity index (χ0n) is 17.6. The molecule has 0 fully saturated rings. The summed E-state index contributed by atoms with van der Waals surface area (Å²) >= 11 is 12.4. The molecule has 2 aromatic heterocycles. The van der Waals surface area contributed by atoms with Crippen molar-refractivity contribution in [3.63, 3.8) is 0 Å². The van der Waals surface area contributed by atoms with Crippen molar-refractivity contribution in [2.75, 3.05) is 11.4 Å². The van der Waals surface area contributed by atoms with Crippen LogP contribution in [-0.2, 0) is 20.1 Å². The van der Waals surface area contributed by atoms with E-state index < -0.39 is 5.69 Å². The molecule has 0 saturated heterocycles. The van der Waals surface area contributed by atoms with Gasteiger partial charge in [-0.2, -0.15) is 4.98 Å². The van der Waals surface area contributed by atoms with Crippen LogP contribution in [0.5, 0.6) is 0 Å². The number of anilines is 2. The number of hydrogen-bond donors (Lipinski definition) is 0. The molecule has 0 radical (unpaired) electrons. The highest BCUT2D eigenvalue weighted by Gasteiger charge is 2.29. The molecule has 0 saturated carbocycles. The topological polar surface area (TPSA) is 65.1 Å². The maximum atomic E-state index is 13.6. The van der Waals surface area contributed by atoms with Gasteiger partial charge in [-0.3, -0.25) is 13.9 Å². The van der Waals surface area contributed by atoms with Gasteiger partial charge in [-0.1, -0.05) is 48.3 Å². The number of benzene rings is 2. The molecule has 7 nitrogen and oxygen atoms in total. The molecule has 164 valence electrons. The first kappa shape index (κ1) is 20.8. The van der Waals surface area contributed by atoms with Gasteiger partial charge in [0, 0.05) is 35.9 Å². The number of fused-ring (bicyclic) bond motifs is 3. The second-order valence-corrected chi connectivity index (χ2v) is 9.05. The van der Waals surface area contributed by atoms with Gasteiger partial charge in [-0.15, -0.1) is 0 Å². The van der Waals surface area contributed by atoms with E-state index in [2.05, 4.69) is 11.8 Å². The monoisotopic (exact) mass is 469 g/mol. The van der Waals surface area contributed by atoms with Crippen molar-refractivity contribution in [3.05, 3.63) is 85.0 Å². The van der Waals surface area contributed by atoms with Crippen molar-refractivity contribution in [1.29, 1.82) is 0 Å².